The molecular formula is C24H37NO4. The molecule has 2 rings (SSSR count). The molecule has 1 heterocycles. The average Bonchev–Trinajstić information content (AvgIpc) is 2.68. The standard InChI is InChI=1S/C24H37NO4/c1-7-8-9-10-11-12-15-25-21-16-19(27-6)13-14-20(21)22(28-17(2)3)23(24(25)26)29-18(4)5/h13-14,16-18H,7-12,15H2,1-6H3. The summed E-state index contributed by atoms with van der Waals surface area (Å²) in [6.07, 6.45) is 6.85. The number of unbranched alkanes of at least 4 members (excludes halogenated alkanes) is 5. The molecule has 5 heteroatoms. The lowest BCUT2D eigenvalue weighted by atomic mass is 10.1. The third kappa shape index (κ3) is 6.15. The van der Waals surface area contributed by atoms with Crippen LogP contribution in [0, 0.1) is 0 Å². The van der Waals surface area contributed by atoms with Crippen LogP contribution in [-0.2, 0) is 6.54 Å². The number of fused-ring (bicyclic) bond motifs is 1. The van der Waals surface area contributed by atoms with E-state index in [1.807, 2.05) is 50.5 Å². The zero-order chi connectivity index (χ0) is 21.4. The van der Waals surface area contributed by atoms with Crippen LogP contribution in [-0.4, -0.2) is 23.9 Å². The van der Waals surface area contributed by atoms with Gasteiger partial charge >= 0.3 is 0 Å². The molecule has 0 aliphatic heterocycles. The van der Waals surface area contributed by atoms with Gasteiger partial charge in [0.25, 0.3) is 5.56 Å². The minimum absolute atomic E-state index is 0.0661. The molecule has 0 N–H and O–H groups in total. The Morgan fingerprint density at radius 1 is 0.897 bits per heavy atom. The van der Waals surface area contributed by atoms with Crippen LogP contribution in [0.25, 0.3) is 10.9 Å². The lowest BCUT2D eigenvalue weighted by Gasteiger charge is -2.21. The Hall–Kier alpha value is -2.17. The van der Waals surface area contributed by atoms with Gasteiger partial charge in [0, 0.05) is 18.0 Å². The van der Waals surface area contributed by atoms with Crippen molar-refractivity contribution in [1.82, 2.24) is 4.57 Å². The van der Waals surface area contributed by atoms with Gasteiger partial charge in [-0.2, -0.15) is 0 Å². The zero-order valence-corrected chi connectivity index (χ0v) is 18.9. The van der Waals surface area contributed by atoms with E-state index >= 15 is 0 Å². The van der Waals surface area contributed by atoms with Crippen LogP contribution in [0.15, 0.2) is 23.0 Å². The van der Waals surface area contributed by atoms with E-state index in [-0.39, 0.29) is 17.8 Å². The molecule has 2 aromatic rings. The summed E-state index contributed by atoms with van der Waals surface area (Å²) in [5.41, 5.74) is 0.693. The minimum Gasteiger partial charge on any atom is -0.497 e. The first-order valence-electron chi connectivity index (χ1n) is 11.0. The molecule has 0 atom stereocenters. The van der Waals surface area contributed by atoms with E-state index in [1.165, 1.54) is 25.7 Å². The molecule has 0 aliphatic rings. The number of aromatic nitrogens is 1. The van der Waals surface area contributed by atoms with Crippen LogP contribution in [0.1, 0.15) is 73.1 Å². The molecule has 0 aliphatic carbocycles. The van der Waals surface area contributed by atoms with Crippen molar-refractivity contribution in [2.24, 2.45) is 0 Å². The first kappa shape index (κ1) is 23.1. The van der Waals surface area contributed by atoms with Crippen molar-refractivity contribution >= 4 is 10.9 Å². The van der Waals surface area contributed by atoms with E-state index in [2.05, 4.69) is 6.92 Å². The molecule has 0 unspecified atom stereocenters. The molecule has 0 spiro atoms. The van der Waals surface area contributed by atoms with Gasteiger partial charge in [-0.15, -0.1) is 0 Å². The second-order valence-corrected chi connectivity index (χ2v) is 8.10. The Morgan fingerprint density at radius 2 is 1.52 bits per heavy atom. The molecule has 0 radical (unpaired) electrons. The summed E-state index contributed by atoms with van der Waals surface area (Å²) >= 11 is 0. The van der Waals surface area contributed by atoms with Gasteiger partial charge in [0.15, 0.2) is 5.75 Å². The van der Waals surface area contributed by atoms with Crippen LogP contribution in [0.5, 0.6) is 17.2 Å². The smallest absolute Gasteiger partial charge is 0.297 e. The van der Waals surface area contributed by atoms with Gasteiger partial charge in [0.2, 0.25) is 5.75 Å². The highest BCUT2D eigenvalue weighted by molar-refractivity contribution is 5.89. The van der Waals surface area contributed by atoms with Crippen molar-refractivity contribution < 1.29 is 14.2 Å². The normalized spacial score (nSPS) is 11.4. The Bertz CT molecular complexity index is 839. The van der Waals surface area contributed by atoms with Crippen molar-refractivity contribution in [2.45, 2.75) is 91.9 Å². The fourth-order valence-electron chi connectivity index (χ4n) is 3.47. The van der Waals surface area contributed by atoms with E-state index in [1.54, 1.807) is 7.11 Å². The summed E-state index contributed by atoms with van der Waals surface area (Å²) < 4.78 is 19.2. The maximum atomic E-state index is 13.4. The number of methoxy groups -OCH3 is 1. The van der Waals surface area contributed by atoms with Crippen molar-refractivity contribution in [2.75, 3.05) is 7.11 Å². The van der Waals surface area contributed by atoms with Crippen LogP contribution >= 0.6 is 0 Å². The highest BCUT2D eigenvalue weighted by atomic mass is 16.5. The van der Waals surface area contributed by atoms with Gasteiger partial charge in [-0.1, -0.05) is 39.0 Å². The van der Waals surface area contributed by atoms with Crippen molar-refractivity contribution in [1.29, 1.82) is 0 Å². The molecule has 5 nitrogen and oxygen atoms in total. The third-order valence-electron chi connectivity index (χ3n) is 4.83. The number of rotatable bonds is 12. The summed E-state index contributed by atoms with van der Waals surface area (Å²) in [5.74, 6) is 1.55. The predicted octanol–water partition coefficient (Wildman–Crippen LogP) is 5.95. The van der Waals surface area contributed by atoms with E-state index in [0.717, 1.165) is 29.5 Å². The second-order valence-electron chi connectivity index (χ2n) is 8.10. The molecular weight excluding hydrogens is 366 g/mol. The van der Waals surface area contributed by atoms with Crippen molar-refractivity contribution in [3.05, 3.63) is 28.6 Å². The van der Waals surface area contributed by atoms with Gasteiger partial charge in [-0.25, -0.2) is 0 Å². The van der Waals surface area contributed by atoms with Crippen LogP contribution in [0.2, 0.25) is 0 Å². The number of benzene rings is 1. The highest BCUT2D eigenvalue weighted by Gasteiger charge is 2.21. The van der Waals surface area contributed by atoms with Crippen molar-refractivity contribution in [3.8, 4) is 17.2 Å². The summed E-state index contributed by atoms with van der Waals surface area (Å²) in [4.78, 5) is 13.4. The summed E-state index contributed by atoms with van der Waals surface area (Å²) in [6.45, 7) is 10.6. The quantitative estimate of drug-likeness (QED) is 0.411. The summed E-state index contributed by atoms with van der Waals surface area (Å²) in [7, 11) is 1.64. The Balaban J connectivity index is 2.51. The molecule has 0 amide bonds. The number of pyridine rings is 1. The van der Waals surface area contributed by atoms with Gasteiger partial charge in [0.05, 0.1) is 24.8 Å². The van der Waals surface area contributed by atoms with Crippen molar-refractivity contribution in [3.63, 3.8) is 0 Å². The molecule has 29 heavy (non-hydrogen) atoms. The fourth-order valence-corrected chi connectivity index (χ4v) is 3.47. The lowest BCUT2D eigenvalue weighted by molar-refractivity contribution is 0.197. The van der Waals surface area contributed by atoms with Crippen LogP contribution in [0.4, 0.5) is 0 Å². The number of aryl methyl sites for hydroxylation is 1. The first-order chi connectivity index (χ1) is 13.9. The average molecular weight is 404 g/mol. The molecule has 162 valence electrons. The SMILES string of the molecule is CCCCCCCCn1c(=O)c(OC(C)C)c(OC(C)C)c2ccc(OC)cc21. The van der Waals surface area contributed by atoms with Gasteiger partial charge < -0.3 is 18.8 Å². The molecule has 0 fully saturated rings. The topological polar surface area (TPSA) is 49.7 Å². The minimum atomic E-state index is -0.135. The molecule has 1 aromatic heterocycles. The van der Waals surface area contributed by atoms with Crippen LogP contribution in [0.3, 0.4) is 0 Å². The summed E-state index contributed by atoms with van der Waals surface area (Å²) in [5, 5.41) is 0.876. The van der Waals surface area contributed by atoms with Crippen LogP contribution < -0.4 is 19.8 Å². The van der Waals surface area contributed by atoms with E-state index in [4.69, 9.17) is 14.2 Å². The van der Waals surface area contributed by atoms with Gasteiger partial charge in [-0.05, 0) is 46.2 Å². The summed E-state index contributed by atoms with van der Waals surface area (Å²) in [6, 6.07) is 5.77. The first-order valence-corrected chi connectivity index (χ1v) is 11.0. The van der Waals surface area contributed by atoms with E-state index in [0.29, 0.717) is 18.0 Å². The molecule has 0 bridgehead atoms. The predicted molar refractivity (Wildman–Crippen MR) is 120 cm³/mol. The maximum Gasteiger partial charge on any atom is 0.297 e. The van der Waals surface area contributed by atoms with E-state index in [9.17, 15) is 4.79 Å². The maximum absolute atomic E-state index is 13.4. The third-order valence-corrected chi connectivity index (χ3v) is 4.83. The number of hydrogen-bond acceptors (Lipinski definition) is 4. The van der Waals surface area contributed by atoms with Gasteiger partial charge in [-0.3, -0.25) is 4.79 Å². The molecule has 0 saturated carbocycles. The molecule has 0 saturated heterocycles. The van der Waals surface area contributed by atoms with E-state index < -0.39 is 0 Å². The number of ether oxygens (including phenoxy) is 3. The highest BCUT2D eigenvalue weighted by Crippen LogP contribution is 2.36. The zero-order valence-electron chi connectivity index (χ0n) is 18.9. The number of nitrogens with zero attached hydrogens (tertiary/aromatic N) is 1. The monoisotopic (exact) mass is 403 g/mol. The van der Waals surface area contributed by atoms with Gasteiger partial charge in [0.1, 0.15) is 5.75 Å². The largest absolute Gasteiger partial charge is 0.497 e. The second kappa shape index (κ2) is 11.1. The Labute approximate surface area is 175 Å². The number of hydrogen-bond donors (Lipinski definition) is 0. The molecule has 1 aromatic carbocycles. The Morgan fingerprint density at radius 3 is 2.14 bits per heavy atom. The lowest BCUT2D eigenvalue weighted by Crippen LogP contribution is -2.26. The Kier molecular flexibility index (Phi) is 8.87. The fraction of sp³-hybridized carbons (Fsp3) is 0.625.